The van der Waals surface area contributed by atoms with Crippen molar-refractivity contribution in [3.63, 3.8) is 0 Å². The standard InChI is InChI=1S/C17H23N5O2/c1-12-15(13(2)21-20-12)5-6-17(23)22-9-3-4-14(11-22)24-16-10-18-7-8-19-16/h7-8,10,14H,3-6,9,11H2,1-2H3,(H,20,21). The summed E-state index contributed by atoms with van der Waals surface area (Å²) in [5, 5.41) is 7.15. The number of aromatic amines is 1. The molecule has 3 rings (SSSR count). The van der Waals surface area contributed by atoms with Crippen molar-refractivity contribution >= 4 is 5.91 Å². The van der Waals surface area contributed by atoms with Gasteiger partial charge in [0.2, 0.25) is 11.8 Å². The van der Waals surface area contributed by atoms with E-state index in [0.717, 1.165) is 42.8 Å². The summed E-state index contributed by atoms with van der Waals surface area (Å²) >= 11 is 0. The Labute approximate surface area is 141 Å². The largest absolute Gasteiger partial charge is 0.471 e. The maximum atomic E-state index is 12.5. The Morgan fingerprint density at radius 2 is 2.29 bits per heavy atom. The maximum Gasteiger partial charge on any atom is 0.232 e. The molecule has 128 valence electrons. The molecular formula is C17H23N5O2. The van der Waals surface area contributed by atoms with Gasteiger partial charge in [0.05, 0.1) is 18.4 Å². The van der Waals surface area contributed by atoms with Gasteiger partial charge >= 0.3 is 0 Å². The smallest absolute Gasteiger partial charge is 0.232 e. The summed E-state index contributed by atoms with van der Waals surface area (Å²) in [6.07, 6.45) is 7.90. The highest BCUT2D eigenvalue weighted by Crippen LogP contribution is 2.18. The van der Waals surface area contributed by atoms with Gasteiger partial charge in [-0.25, -0.2) is 4.98 Å². The number of ether oxygens (including phenoxy) is 1. The van der Waals surface area contributed by atoms with Gasteiger partial charge in [-0.05, 0) is 38.7 Å². The molecule has 1 atom stereocenters. The molecule has 1 unspecified atom stereocenters. The molecule has 0 radical (unpaired) electrons. The third kappa shape index (κ3) is 3.90. The SMILES string of the molecule is Cc1n[nH]c(C)c1CCC(=O)N1CCCC(Oc2cnccn2)C1. The molecule has 7 nitrogen and oxygen atoms in total. The van der Waals surface area contributed by atoms with Crippen molar-refractivity contribution < 1.29 is 9.53 Å². The predicted molar refractivity (Wildman–Crippen MR) is 88.6 cm³/mol. The fraction of sp³-hybridized carbons (Fsp3) is 0.529. The number of piperidine rings is 1. The Balaban J connectivity index is 1.53. The van der Waals surface area contributed by atoms with E-state index in [1.807, 2.05) is 18.7 Å². The molecule has 1 fully saturated rings. The van der Waals surface area contributed by atoms with E-state index in [-0.39, 0.29) is 12.0 Å². The first-order valence-corrected chi connectivity index (χ1v) is 8.34. The van der Waals surface area contributed by atoms with Crippen LogP contribution in [0.1, 0.15) is 36.2 Å². The number of aromatic nitrogens is 4. The Morgan fingerprint density at radius 1 is 1.42 bits per heavy atom. The minimum absolute atomic E-state index is 0.0169. The molecule has 7 heteroatoms. The molecule has 0 spiro atoms. The van der Waals surface area contributed by atoms with E-state index in [9.17, 15) is 4.79 Å². The predicted octanol–water partition coefficient (Wildman–Crippen LogP) is 1.82. The number of hydrogen-bond donors (Lipinski definition) is 1. The van der Waals surface area contributed by atoms with Crippen LogP contribution in [0.25, 0.3) is 0 Å². The Kier molecular flexibility index (Phi) is 5.08. The monoisotopic (exact) mass is 329 g/mol. The van der Waals surface area contributed by atoms with Crippen molar-refractivity contribution in [2.24, 2.45) is 0 Å². The summed E-state index contributed by atoms with van der Waals surface area (Å²) in [4.78, 5) is 22.6. The van der Waals surface area contributed by atoms with Crippen LogP contribution in [-0.2, 0) is 11.2 Å². The number of hydrogen-bond acceptors (Lipinski definition) is 5. The van der Waals surface area contributed by atoms with Crippen molar-refractivity contribution in [1.29, 1.82) is 0 Å². The van der Waals surface area contributed by atoms with Crippen LogP contribution in [-0.4, -0.2) is 50.2 Å². The molecular weight excluding hydrogens is 306 g/mol. The number of aryl methyl sites for hydroxylation is 2. The average Bonchev–Trinajstić information content (AvgIpc) is 2.92. The summed E-state index contributed by atoms with van der Waals surface area (Å²) in [6, 6.07) is 0. The van der Waals surface area contributed by atoms with Crippen LogP contribution >= 0.6 is 0 Å². The Morgan fingerprint density at radius 3 is 3.00 bits per heavy atom. The molecule has 1 aliphatic heterocycles. The lowest BCUT2D eigenvalue weighted by Crippen LogP contribution is -2.44. The number of amides is 1. The zero-order valence-corrected chi connectivity index (χ0v) is 14.2. The minimum atomic E-state index is -0.0169. The number of carbonyl (C=O) groups excluding carboxylic acids is 1. The van der Waals surface area contributed by atoms with Gasteiger partial charge < -0.3 is 9.64 Å². The van der Waals surface area contributed by atoms with E-state index in [1.165, 1.54) is 0 Å². The van der Waals surface area contributed by atoms with Gasteiger partial charge in [-0.3, -0.25) is 14.9 Å². The number of rotatable bonds is 5. The molecule has 3 heterocycles. The number of H-pyrrole nitrogens is 1. The van der Waals surface area contributed by atoms with Crippen LogP contribution in [0.4, 0.5) is 0 Å². The van der Waals surface area contributed by atoms with Crippen LogP contribution in [0.3, 0.4) is 0 Å². The van der Waals surface area contributed by atoms with Gasteiger partial charge in [-0.1, -0.05) is 0 Å². The second-order valence-corrected chi connectivity index (χ2v) is 6.18. The van der Waals surface area contributed by atoms with E-state index >= 15 is 0 Å². The molecule has 2 aromatic rings. The van der Waals surface area contributed by atoms with Crippen LogP contribution in [0, 0.1) is 13.8 Å². The number of nitrogens with one attached hydrogen (secondary N) is 1. The summed E-state index contributed by atoms with van der Waals surface area (Å²) in [7, 11) is 0. The lowest BCUT2D eigenvalue weighted by molar-refractivity contribution is -0.133. The second-order valence-electron chi connectivity index (χ2n) is 6.18. The van der Waals surface area contributed by atoms with Gasteiger partial charge in [0.15, 0.2) is 0 Å². The zero-order chi connectivity index (χ0) is 16.9. The van der Waals surface area contributed by atoms with Crippen molar-refractivity contribution in [3.05, 3.63) is 35.5 Å². The lowest BCUT2D eigenvalue weighted by atomic mass is 10.0. The van der Waals surface area contributed by atoms with Crippen molar-refractivity contribution in [2.75, 3.05) is 13.1 Å². The van der Waals surface area contributed by atoms with Gasteiger partial charge in [0.25, 0.3) is 0 Å². The molecule has 2 aromatic heterocycles. The van der Waals surface area contributed by atoms with E-state index in [1.54, 1.807) is 18.6 Å². The fourth-order valence-electron chi connectivity index (χ4n) is 3.11. The van der Waals surface area contributed by atoms with Crippen molar-refractivity contribution in [2.45, 2.75) is 45.6 Å². The molecule has 1 amide bonds. The average molecular weight is 329 g/mol. The van der Waals surface area contributed by atoms with Crippen LogP contribution in [0.5, 0.6) is 5.88 Å². The van der Waals surface area contributed by atoms with Crippen molar-refractivity contribution in [1.82, 2.24) is 25.1 Å². The van der Waals surface area contributed by atoms with Crippen LogP contribution < -0.4 is 4.74 Å². The number of nitrogens with zero attached hydrogens (tertiary/aromatic N) is 4. The highest BCUT2D eigenvalue weighted by atomic mass is 16.5. The van der Waals surface area contributed by atoms with Gasteiger partial charge in [0, 0.05) is 31.1 Å². The molecule has 0 bridgehead atoms. The number of likely N-dealkylation sites (tertiary alicyclic amines) is 1. The first-order valence-electron chi connectivity index (χ1n) is 8.34. The molecule has 0 aromatic carbocycles. The van der Waals surface area contributed by atoms with E-state index in [4.69, 9.17) is 4.74 Å². The maximum absolute atomic E-state index is 12.5. The molecule has 24 heavy (non-hydrogen) atoms. The quantitative estimate of drug-likeness (QED) is 0.904. The summed E-state index contributed by atoms with van der Waals surface area (Å²) < 4.78 is 5.84. The Hall–Kier alpha value is -2.44. The fourth-order valence-corrected chi connectivity index (χ4v) is 3.11. The van der Waals surface area contributed by atoms with Crippen molar-refractivity contribution in [3.8, 4) is 5.88 Å². The summed E-state index contributed by atoms with van der Waals surface area (Å²) in [5.41, 5.74) is 3.17. The normalized spacial score (nSPS) is 17.8. The van der Waals surface area contributed by atoms with Gasteiger partial charge in [0.1, 0.15) is 6.10 Å². The minimum Gasteiger partial charge on any atom is -0.471 e. The third-order valence-electron chi connectivity index (χ3n) is 4.43. The first kappa shape index (κ1) is 16.4. The van der Waals surface area contributed by atoms with Gasteiger partial charge in [-0.15, -0.1) is 0 Å². The molecule has 1 aliphatic rings. The third-order valence-corrected chi connectivity index (χ3v) is 4.43. The van der Waals surface area contributed by atoms with Crippen LogP contribution in [0.2, 0.25) is 0 Å². The van der Waals surface area contributed by atoms with Crippen LogP contribution in [0.15, 0.2) is 18.6 Å². The molecule has 0 aliphatic carbocycles. The zero-order valence-electron chi connectivity index (χ0n) is 14.2. The second kappa shape index (κ2) is 7.42. The van der Waals surface area contributed by atoms with E-state index < -0.39 is 0 Å². The first-order chi connectivity index (χ1) is 11.6. The highest BCUT2D eigenvalue weighted by molar-refractivity contribution is 5.76. The summed E-state index contributed by atoms with van der Waals surface area (Å²) in [5.74, 6) is 0.684. The van der Waals surface area contributed by atoms with E-state index in [2.05, 4.69) is 20.2 Å². The molecule has 1 saturated heterocycles. The topological polar surface area (TPSA) is 84.0 Å². The Bertz CT molecular complexity index is 666. The number of carbonyl (C=O) groups is 1. The lowest BCUT2D eigenvalue weighted by Gasteiger charge is -2.32. The van der Waals surface area contributed by atoms with E-state index in [0.29, 0.717) is 18.8 Å². The van der Waals surface area contributed by atoms with Gasteiger partial charge in [-0.2, -0.15) is 5.10 Å². The molecule has 0 saturated carbocycles. The summed E-state index contributed by atoms with van der Waals surface area (Å²) in [6.45, 7) is 5.36. The highest BCUT2D eigenvalue weighted by Gasteiger charge is 2.25. The molecule has 1 N–H and O–H groups in total.